The molecule has 2 aliphatic heterocycles. The Labute approximate surface area is 157 Å². The number of likely N-dealkylation sites (tertiary alicyclic amines) is 1. The maximum atomic E-state index is 5.90. The van der Waals surface area contributed by atoms with Crippen LogP contribution in [0.5, 0.6) is 0 Å². The van der Waals surface area contributed by atoms with Crippen LogP contribution in [-0.2, 0) is 11.3 Å². The van der Waals surface area contributed by atoms with E-state index in [4.69, 9.17) is 4.74 Å². The van der Waals surface area contributed by atoms with Crippen molar-refractivity contribution in [3.8, 4) is 0 Å². The number of aromatic amines is 1. The van der Waals surface area contributed by atoms with Gasteiger partial charge in [0.25, 0.3) is 0 Å². The van der Waals surface area contributed by atoms with Crippen molar-refractivity contribution in [3.63, 3.8) is 0 Å². The zero-order valence-electron chi connectivity index (χ0n) is 16.3. The van der Waals surface area contributed by atoms with Crippen molar-refractivity contribution in [3.05, 3.63) is 11.6 Å². The number of hydrogen-bond acceptors (Lipinski definition) is 5. The molecule has 3 aliphatic rings. The SMILES string of the molecule is Cc1nc(CN(CC2CCN(C3CCCC3)CC2)CC2CCCO2)n[nH]1. The van der Waals surface area contributed by atoms with Gasteiger partial charge in [-0.25, -0.2) is 4.98 Å². The molecule has 1 saturated carbocycles. The van der Waals surface area contributed by atoms with E-state index in [9.17, 15) is 0 Å². The Kier molecular flexibility index (Phi) is 6.23. The molecule has 6 heteroatoms. The maximum Gasteiger partial charge on any atom is 0.164 e. The second-order valence-corrected chi connectivity index (χ2v) is 8.58. The van der Waals surface area contributed by atoms with Gasteiger partial charge in [-0.3, -0.25) is 10.00 Å². The molecule has 1 aliphatic carbocycles. The van der Waals surface area contributed by atoms with Gasteiger partial charge in [0.1, 0.15) is 5.82 Å². The predicted molar refractivity (Wildman–Crippen MR) is 102 cm³/mol. The Bertz CT molecular complexity index is 542. The quantitative estimate of drug-likeness (QED) is 0.809. The van der Waals surface area contributed by atoms with E-state index in [2.05, 4.69) is 25.0 Å². The second-order valence-electron chi connectivity index (χ2n) is 8.58. The van der Waals surface area contributed by atoms with Gasteiger partial charge in [0.2, 0.25) is 0 Å². The average molecular weight is 362 g/mol. The summed E-state index contributed by atoms with van der Waals surface area (Å²) in [6, 6.07) is 0.884. The van der Waals surface area contributed by atoms with Gasteiger partial charge >= 0.3 is 0 Å². The topological polar surface area (TPSA) is 57.3 Å². The number of piperidine rings is 1. The van der Waals surface area contributed by atoms with E-state index >= 15 is 0 Å². The third-order valence-electron chi connectivity index (χ3n) is 6.50. The number of H-pyrrole nitrogens is 1. The number of nitrogens with one attached hydrogen (secondary N) is 1. The molecule has 6 nitrogen and oxygen atoms in total. The van der Waals surface area contributed by atoms with Gasteiger partial charge in [-0.2, -0.15) is 5.10 Å². The largest absolute Gasteiger partial charge is 0.377 e. The van der Waals surface area contributed by atoms with Gasteiger partial charge < -0.3 is 9.64 Å². The summed E-state index contributed by atoms with van der Waals surface area (Å²) in [5.41, 5.74) is 0. The Morgan fingerprint density at radius 1 is 1.08 bits per heavy atom. The highest BCUT2D eigenvalue weighted by Gasteiger charge is 2.29. The summed E-state index contributed by atoms with van der Waals surface area (Å²) in [4.78, 5) is 9.85. The van der Waals surface area contributed by atoms with Gasteiger partial charge in [-0.1, -0.05) is 12.8 Å². The molecule has 2 saturated heterocycles. The van der Waals surface area contributed by atoms with Crippen LogP contribution < -0.4 is 0 Å². The van der Waals surface area contributed by atoms with Gasteiger partial charge in [0.15, 0.2) is 5.82 Å². The fourth-order valence-corrected chi connectivity index (χ4v) is 5.07. The average Bonchev–Trinajstić information content (AvgIpc) is 3.39. The second kappa shape index (κ2) is 8.81. The Hall–Kier alpha value is -0.980. The molecule has 0 bridgehead atoms. The molecule has 0 radical (unpaired) electrons. The maximum absolute atomic E-state index is 5.90. The summed E-state index contributed by atoms with van der Waals surface area (Å²) >= 11 is 0. The van der Waals surface area contributed by atoms with Crippen LogP contribution in [0, 0.1) is 12.8 Å². The lowest BCUT2D eigenvalue weighted by atomic mass is 9.94. The first kappa shape index (κ1) is 18.4. The van der Waals surface area contributed by atoms with Crippen LogP contribution in [0.3, 0.4) is 0 Å². The van der Waals surface area contributed by atoms with E-state index in [-0.39, 0.29) is 0 Å². The highest BCUT2D eigenvalue weighted by atomic mass is 16.5. The summed E-state index contributed by atoms with van der Waals surface area (Å²) in [5.74, 6) is 2.62. The van der Waals surface area contributed by atoms with Crippen molar-refractivity contribution >= 4 is 0 Å². The summed E-state index contributed by atoms with van der Waals surface area (Å²) in [5, 5.41) is 7.34. The molecule has 4 rings (SSSR count). The standard InChI is InChI=1S/C20H35N5O/c1-16-21-20(23-22-16)15-24(14-19-7-4-12-26-19)13-17-8-10-25(11-9-17)18-5-2-3-6-18/h17-19H,2-15H2,1H3,(H,21,22,23). The highest BCUT2D eigenvalue weighted by molar-refractivity contribution is 4.89. The van der Waals surface area contributed by atoms with Crippen molar-refractivity contribution < 1.29 is 4.74 Å². The zero-order valence-corrected chi connectivity index (χ0v) is 16.3. The van der Waals surface area contributed by atoms with E-state index in [0.29, 0.717) is 6.10 Å². The van der Waals surface area contributed by atoms with Crippen LogP contribution in [-0.4, -0.2) is 69.9 Å². The summed E-state index contributed by atoms with van der Waals surface area (Å²) in [6.07, 6.45) is 11.2. The fourth-order valence-electron chi connectivity index (χ4n) is 5.07. The molecule has 1 unspecified atom stereocenters. The van der Waals surface area contributed by atoms with Crippen molar-refractivity contribution in [1.82, 2.24) is 25.0 Å². The van der Waals surface area contributed by atoms with Gasteiger partial charge in [0, 0.05) is 25.7 Å². The first-order valence-electron chi connectivity index (χ1n) is 10.7. The fraction of sp³-hybridized carbons (Fsp3) is 0.900. The molecule has 26 heavy (non-hydrogen) atoms. The van der Waals surface area contributed by atoms with Crippen molar-refractivity contribution in [2.45, 2.75) is 77.0 Å². The molecule has 3 fully saturated rings. The first-order valence-corrected chi connectivity index (χ1v) is 10.7. The van der Waals surface area contributed by atoms with Crippen LogP contribution in [0.1, 0.15) is 63.0 Å². The van der Waals surface area contributed by atoms with Crippen LogP contribution >= 0.6 is 0 Å². The van der Waals surface area contributed by atoms with Crippen molar-refractivity contribution in [2.75, 3.05) is 32.8 Å². The predicted octanol–water partition coefficient (Wildman–Crippen LogP) is 2.75. The minimum atomic E-state index is 0.397. The molecule has 1 aromatic rings. The molecule has 1 N–H and O–H groups in total. The first-order chi connectivity index (χ1) is 12.8. The number of aromatic nitrogens is 3. The number of ether oxygens (including phenoxy) is 1. The van der Waals surface area contributed by atoms with E-state index in [1.54, 1.807) is 0 Å². The normalized spacial score (nSPS) is 26.3. The van der Waals surface area contributed by atoms with E-state index in [1.165, 1.54) is 64.5 Å². The molecule has 3 heterocycles. The van der Waals surface area contributed by atoms with Crippen molar-refractivity contribution in [2.24, 2.45) is 5.92 Å². The lowest BCUT2D eigenvalue weighted by Crippen LogP contribution is -2.43. The summed E-state index contributed by atoms with van der Waals surface area (Å²) < 4.78 is 5.90. The highest BCUT2D eigenvalue weighted by Crippen LogP contribution is 2.28. The molecular formula is C20H35N5O. The molecule has 1 atom stereocenters. The molecule has 146 valence electrons. The van der Waals surface area contributed by atoms with Gasteiger partial charge in [0.05, 0.1) is 12.6 Å². The number of rotatable bonds is 7. The lowest BCUT2D eigenvalue weighted by Gasteiger charge is -2.38. The van der Waals surface area contributed by atoms with E-state index < -0.39 is 0 Å². The minimum absolute atomic E-state index is 0.397. The molecule has 1 aromatic heterocycles. The smallest absolute Gasteiger partial charge is 0.164 e. The number of aryl methyl sites for hydroxylation is 1. The Balaban J connectivity index is 1.30. The van der Waals surface area contributed by atoms with E-state index in [1.807, 2.05) is 6.92 Å². The van der Waals surface area contributed by atoms with Crippen LogP contribution in [0.25, 0.3) is 0 Å². The summed E-state index contributed by atoms with van der Waals surface area (Å²) in [7, 11) is 0. The third kappa shape index (κ3) is 4.84. The van der Waals surface area contributed by atoms with Crippen LogP contribution in [0.4, 0.5) is 0 Å². The zero-order chi connectivity index (χ0) is 17.8. The van der Waals surface area contributed by atoms with Gasteiger partial charge in [-0.15, -0.1) is 0 Å². The molecule has 0 aromatic carbocycles. The Morgan fingerprint density at radius 2 is 1.88 bits per heavy atom. The molecule has 0 spiro atoms. The van der Waals surface area contributed by atoms with Crippen LogP contribution in [0.2, 0.25) is 0 Å². The number of hydrogen-bond donors (Lipinski definition) is 1. The molecular weight excluding hydrogens is 326 g/mol. The van der Waals surface area contributed by atoms with E-state index in [0.717, 1.165) is 49.8 Å². The van der Waals surface area contributed by atoms with Crippen molar-refractivity contribution in [1.29, 1.82) is 0 Å². The Morgan fingerprint density at radius 3 is 2.54 bits per heavy atom. The lowest BCUT2D eigenvalue weighted by molar-refractivity contribution is 0.0531. The minimum Gasteiger partial charge on any atom is -0.377 e. The monoisotopic (exact) mass is 361 g/mol. The summed E-state index contributed by atoms with van der Waals surface area (Å²) in [6.45, 7) is 8.51. The third-order valence-corrected chi connectivity index (χ3v) is 6.50. The van der Waals surface area contributed by atoms with Gasteiger partial charge in [-0.05, 0) is 64.5 Å². The molecule has 0 amide bonds. The number of nitrogens with zero attached hydrogens (tertiary/aromatic N) is 4. The van der Waals surface area contributed by atoms with Crippen LogP contribution in [0.15, 0.2) is 0 Å².